The van der Waals surface area contributed by atoms with Crippen molar-refractivity contribution in [1.29, 1.82) is 0 Å². The number of hydrogen-bond donors (Lipinski definition) is 1. The molecule has 5 aromatic rings. The Balaban J connectivity index is 1.45. The van der Waals surface area contributed by atoms with Crippen LogP contribution in [0.15, 0.2) is 72.8 Å². The van der Waals surface area contributed by atoms with Crippen LogP contribution in [0.5, 0.6) is 0 Å². The Bertz CT molecular complexity index is 1560. The number of thiazole rings is 1. The van der Waals surface area contributed by atoms with E-state index in [9.17, 15) is 18.0 Å². The van der Waals surface area contributed by atoms with Crippen LogP contribution < -0.4 is 5.32 Å². The van der Waals surface area contributed by atoms with Crippen LogP contribution in [0, 0.1) is 6.92 Å². The third-order valence-electron chi connectivity index (χ3n) is 5.28. The molecule has 2 aromatic heterocycles. The molecule has 0 atom stereocenters. The zero-order valence-corrected chi connectivity index (χ0v) is 19.7. The number of halogens is 4. The van der Waals surface area contributed by atoms with E-state index in [1.54, 1.807) is 72.0 Å². The lowest BCUT2D eigenvalue weighted by atomic mass is 10.1. The smallest absolute Gasteiger partial charge is 0.322 e. The number of carbonyl (C=O) groups is 1. The van der Waals surface area contributed by atoms with Gasteiger partial charge in [-0.15, -0.1) is 11.3 Å². The Morgan fingerprint density at radius 3 is 2.49 bits per heavy atom. The molecule has 3 aromatic carbocycles. The third kappa shape index (κ3) is 4.65. The number of aromatic nitrogens is 3. The molecule has 1 amide bonds. The van der Waals surface area contributed by atoms with E-state index < -0.39 is 11.9 Å². The number of para-hydroxylation sites is 1. The van der Waals surface area contributed by atoms with Crippen molar-refractivity contribution in [3.63, 3.8) is 0 Å². The summed E-state index contributed by atoms with van der Waals surface area (Å²) in [4.78, 5) is 17.2. The number of amides is 1. The molecule has 2 heterocycles. The van der Waals surface area contributed by atoms with E-state index in [4.69, 9.17) is 11.6 Å². The van der Waals surface area contributed by atoms with Crippen LogP contribution in [0.3, 0.4) is 0 Å². The summed E-state index contributed by atoms with van der Waals surface area (Å²) in [7, 11) is 0. The SMILES string of the molecule is Cc1nc2cc(NC(=O)c3ccc(-c4cc(C(F)(F)F)nn4-c4ccccc4Cl)cc3)ccc2s1. The maximum absolute atomic E-state index is 13.4. The number of anilines is 1. The summed E-state index contributed by atoms with van der Waals surface area (Å²) in [6.45, 7) is 1.92. The van der Waals surface area contributed by atoms with Crippen LogP contribution >= 0.6 is 22.9 Å². The van der Waals surface area contributed by atoms with Gasteiger partial charge in [-0.25, -0.2) is 9.67 Å². The van der Waals surface area contributed by atoms with Gasteiger partial charge < -0.3 is 5.32 Å². The summed E-state index contributed by atoms with van der Waals surface area (Å²) >= 11 is 7.79. The van der Waals surface area contributed by atoms with E-state index in [-0.39, 0.29) is 16.6 Å². The van der Waals surface area contributed by atoms with Gasteiger partial charge in [0.15, 0.2) is 5.69 Å². The Hall–Kier alpha value is -3.69. The average Bonchev–Trinajstić information content (AvgIpc) is 3.42. The van der Waals surface area contributed by atoms with Gasteiger partial charge in [0, 0.05) is 16.8 Å². The molecule has 0 bridgehead atoms. The number of benzene rings is 3. The van der Waals surface area contributed by atoms with E-state index >= 15 is 0 Å². The number of fused-ring (bicyclic) bond motifs is 1. The van der Waals surface area contributed by atoms with Crippen molar-refractivity contribution in [3.8, 4) is 16.9 Å². The van der Waals surface area contributed by atoms with Crippen molar-refractivity contribution < 1.29 is 18.0 Å². The van der Waals surface area contributed by atoms with Crippen LogP contribution in [0.1, 0.15) is 21.1 Å². The molecule has 176 valence electrons. The standard InChI is InChI=1S/C25H16ClF3N4OS/c1-14-30-19-12-17(10-11-22(19)35-14)31-24(34)16-8-6-15(7-9-16)21-13-23(25(27,28)29)32-33(21)20-5-3-2-4-18(20)26/h2-13H,1H3,(H,31,34). The summed E-state index contributed by atoms with van der Waals surface area (Å²) in [6.07, 6.45) is -4.63. The molecular formula is C25H16ClF3N4OS. The highest BCUT2D eigenvalue weighted by atomic mass is 35.5. The van der Waals surface area contributed by atoms with Gasteiger partial charge in [-0.1, -0.05) is 35.9 Å². The lowest BCUT2D eigenvalue weighted by Crippen LogP contribution is -2.11. The highest BCUT2D eigenvalue weighted by Crippen LogP contribution is 2.34. The lowest BCUT2D eigenvalue weighted by Gasteiger charge is -2.10. The number of nitrogens with one attached hydrogen (secondary N) is 1. The minimum absolute atomic E-state index is 0.196. The van der Waals surface area contributed by atoms with Gasteiger partial charge in [-0.3, -0.25) is 4.79 Å². The molecule has 35 heavy (non-hydrogen) atoms. The Morgan fingerprint density at radius 2 is 1.77 bits per heavy atom. The average molecular weight is 513 g/mol. The maximum atomic E-state index is 13.4. The fourth-order valence-corrected chi connectivity index (χ4v) is 4.67. The Morgan fingerprint density at radius 1 is 1.03 bits per heavy atom. The summed E-state index contributed by atoms with van der Waals surface area (Å²) in [5.74, 6) is -0.349. The number of nitrogens with zero attached hydrogens (tertiary/aromatic N) is 3. The zero-order chi connectivity index (χ0) is 24.7. The first kappa shape index (κ1) is 23.1. The van der Waals surface area contributed by atoms with Gasteiger partial charge in [-0.05, 0) is 55.5 Å². The predicted octanol–water partition coefficient (Wildman–Crippen LogP) is 7.38. The molecule has 0 unspecified atom stereocenters. The van der Waals surface area contributed by atoms with Crippen molar-refractivity contribution in [2.24, 2.45) is 0 Å². The topological polar surface area (TPSA) is 59.8 Å². The number of rotatable bonds is 4. The van der Waals surface area contributed by atoms with Gasteiger partial charge in [0.2, 0.25) is 0 Å². The summed E-state index contributed by atoms with van der Waals surface area (Å²) < 4.78 is 42.5. The van der Waals surface area contributed by atoms with E-state index in [0.29, 0.717) is 22.5 Å². The van der Waals surface area contributed by atoms with Crippen molar-refractivity contribution in [1.82, 2.24) is 14.8 Å². The zero-order valence-electron chi connectivity index (χ0n) is 18.1. The van der Waals surface area contributed by atoms with Crippen LogP contribution in [0.25, 0.3) is 27.2 Å². The van der Waals surface area contributed by atoms with Gasteiger partial charge in [-0.2, -0.15) is 18.3 Å². The molecule has 0 saturated carbocycles. The minimum Gasteiger partial charge on any atom is -0.322 e. The van der Waals surface area contributed by atoms with Crippen molar-refractivity contribution in [2.45, 2.75) is 13.1 Å². The lowest BCUT2D eigenvalue weighted by molar-refractivity contribution is -0.141. The fourth-order valence-electron chi connectivity index (χ4n) is 3.65. The van der Waals surface area contributed by atoms with Crippen molar-refractivity contribution >= 4 is 44.7 Å². The van der Waals surface area contributed by atoms with Gasteiger partial charge >= 0.3 is 6.18 Å². The molecule has 0 spiro atoms. The molecule has 0 aliphatic heterocycles. The quantitative estimate of drug-likeness (QED) is 0.273. The molecule has 0 saturated heterocycles. The second-order valence-corrected chi connectivity index (χ2v) is 9.36. The van der Waals surface area contributed by atoms with E-state index in [2.05, 4.69) is 15.4 Å². The molecule has 0 aliphatic carbocycles. The second-order valence-electron chi connectivity index (χ2n) is 7.72. The Labute approximate surface area is 206 Å². The molecule has 0 aliphatic rings. The fraction of sp³-hybridized carbons (Fsp3) is 0.0800. The van der Waals surface area contributed by atoms with Gasteiger partial charge in [0.1, 0.15) is 0 Å². The molecule has 10 heteroatoms. The first-order valence-corrected chi connectivity index (χ1v) is 11.6. The predicted molar refractivity (Wildman–Crippen MR) is 131 cm³/mol. The van der Waals surface area contributed by atoms with E-state index in [1.807, 2.05) is 13.0 Å². The van der Waals surface area contributed by atoms with E-state index in [0.717, 1.165) is 26.0 Å². The summed E-state index contributed by atoms with van der Waals surface area (Å²) in [6, 6.07) is 19.2. The minimum atomic E-state index is -4.63. The largest absolute Gasteiger partial charge is 0.435 e. The normalized spacial score (nSPS) is 11.7. The number of carbonyl (C=O) groups excluding carboxylic acids is 1. The van der Waals surface area contributed by atoms with Gasteiger partial charge in [0.25, 0.3) is 5.91 Å². The summed E-state index contributed by atoms with van der Waals surface area (Å²) in [5.41, 5.74) is 1.67. The first-order valence-electron chi connectivity index (χ1n) is 10.4. The molecule has 5 rings (SSSR count). The maximum Gasteiger partial charge on any atom is 0.435 e. The number of hydrogen-bond acceptors (Lipinski definition) is 4. The summed E-state index contributed by atoms with van der Waals surface area (Å²) in [5, 5.41) is 7.77. The van der Waals surface area contributed by atoms with Crippen LogP contribution in [0.4, 0.5) is 18.9 Å². The highest BCUT2D eigenvalue weighted by molar-refractivity contribution is 7.18. The number of aryl methyl sites for hydroxylation is 1. The Kier molecular flexibility index (Phi) is 5.82. The van der Waals surface area contributed by atoms with E-state index in [1.165, 1.54) is 0 Å². The second kappa shape index (κ2) is 8.83. The first-order chi connectivity index (χ1) is 16.7. The molecule has 1 N–H and O–H groups in total. The van der Waals surface area contributed by atoms with Crippen molar-refractivity contribution in [3.05, 3.63) is 94.1 Å². The van der Waals surface area contributed by atoms with Crippen LogP contribution in [-0.4, -0.2) is 20.7 Å². The molecular weight excluding hydrogens is 497 g/mol. The third-order valence-corrected chi connectivity index (χ3v) is 6.55. The molecule has 0 fully saturated rings. The monoisotopic (exact) mass is 512 g/mol. The molecule has 5 nitrogen and oxygen atoms in total. The van der Waals surface area contributed by atoms with Crippen molar-refractivity contribution in [2.75, 3.05) is 5.32 Å². The van der Waals surface area contributed by atoms with Gasteiger partial charge in [0.05, 0.1) is 31.6 Å². The van der Waals surface area contributed by atoms with Crippen LogP contribution in [-0.2, 0) is 6.18 Å². The molecule has 0 radical (unpaired) electrons. The number of alkyl halides is 3. The highest BCUT2D eigenvalue weighted by Gasteiger charge is 2.35. The van der Waals surface area contributed by atoms with Crippen LogP contribution in [0.2, 0.25) is 5.02 Å².